The number of benzene rings is 1. The number of amides is 1. The minimum atomic E-state index is -1.27. The lowest BCUT2D eigenvalue weighted by Crippen LogP contribution is -2.59. The SMILES string of the molecule is Cc1ccc2c(c1)C(=O)C(=O)N2C(N)(CCO)CCO. The van der Waals surface area contributed by atoms with Crippen molar-refractivity contribution in [3.63, 3.8) is 0 Å². The molecule has 108 valence electrons. The van der Waals surface area contributed by atoms with Crippen LogP contribution in [0.25, 0.3) is 0 Å². The quantitative estimate of drug-likeness (QED) is 0.655. The molecule has 0 bridgehead atoms. The summed E-state index contributed by atoms with van der Waals surface area (Å²) in [6.45, 7) is 1.35. The Morgan fingerprint density at radius 2 is 1.80 bits per heavy atom. The van der Waals surface area contributed by atoms with Crippen LogP contribution in [-0.4, -0.2) is 40.8 Å². The largest absolute Gasteiger partial charge is 0.396 e. The van der Waals surface area contributed by atoms with Gasteiger partial charge in [-0.15, -0.1) is 0 Å². The van der Waals surface area contributed by atoms with Crippen molar-refractivity contribution >= 4 is 17.4 Å². The molecule has 1 aromatic rings. The topological polar surface area (TPSA) is 104 Å². The highest BCUT2D eigenvalue weighted by atomic mass is 16.3. The molecule has 0 aromatic heterocycles. The third-order valence-electron chi connectivity index (χ3n) is 3.57. The molecule has 0 aliphatic carbocycles. The fourth-order valence-electron chi connectivity index (χ4n) is 2.53. The van der Waals surface area contributed by atoms with Gasteiger partial charge in [0.2, 0.25) is 0 Å². The zero-order valence-corrected chi connectivity index (χ0v) is 11.3. The predicted molar refractivity (Wildman–Crippen MR) is 73.3 cm³/mol. The second kappa shape index (κ2) is 5.32. The van der Waals surface area contributed by atoms with Crippen LogP contribution >= 0.6 is 0 Å². The van der Waals surface area contributed by atoms with Gasteiger partial charge in [0, 0.05) is 26.1 Å². The first-order valence-electron chi connectivity index (χ1n) is 6.45. The van der Waals surface area contributed by atoms with Crippen LogP contribution in [0.3, 0.4) is 0 Å². The molecule has 0 fully saturated rings. The van der Waals surface area contributed by atoms with Crippen LogP contribution in [0, 0.1) is 6.92 Å². The molecule has 0 spiro atoms. The normalized spacial score (nSPS) is 14.9. The first kappa shape index (κ1) is 14.6. The summed E-state index contributed by atoms with van der Waals surface area (Å²) in [5, 5.41) is 18.3. The molecule has 2 rings (SSSR count). The number of nitrogens with two attached hydrogens (primary N) is 1. The zero-order valence-electron chi connectivity index (χ0n) is 11.3. The first-order valence-corrected chi connectivity index (χ1v) is 6.45. The van der Waals surface area contributed by atoms with E-state index < -0.39 is 17.4 Å². The highest BCUT2D eigenvalue weighted by molar-refractivity contribution is 6.52. The fraction of sp³-hybridized carbons (Fsp3) is 0.429. The molecule has 1 aromatic carbocycles. The van der Waals surface area contributed by atoms with E-state index >= 15 is 0 Å². The Hall–Kier alpha value is -1.76. The van der Waals surface area contributed by atoms with Crippen LogP contribution in [0.4, 0.5) is 5.69 Å². The summed E-state index contributed by atoms with van der Waals surface area (Å²) in [7, 11) is 0. The molecule has 20 heavy (non-hydrogen) atoms. The smallest absolute Gasteiger partial charge is 0.301 e. The molecule has 1 aliphatic rings. The number of fused-ring (bicyclic) bond motifs is 1. The molecular formula is C14H18N2O4. The summed E-state index contributed by atoms with van der Waals surface area (Å²) in [5.74, 6) is -1.32. The van der Waals surface area contributed by atoms with Gasteiger partial charge in [-0.3, -0.25) is 14.5 Å². The summed E-state index contributed by atoms with van der Waals surface area (Å²) < 4.78 is 0. The lowest BCUT2D eigenvalue weighted by Gasteiger charge is -2.37. The van der Waals surface area contributed by atoms with Crippen LogP contribution in [-0.2, 0) is 4.79 Å². The summed E-state index contributed by atoms with van der Waals surface area (Å²) >= 11 is 0. The van der Waals surface area contributed by atoms with E-state index in [0.29, 0.717) is 11.3 Å². The molecule has 1 heterocycles. The van der Waals surface area contributed by atoms with Crippen molar-refractivity contribution in [3.05, 3.63) is 29.3 Å². The van der Waals surface area contributed by atoms with E-state index in [1.165, 1.54) is 4.90 Å². The Balaban J connectivity index is 2.52. The maximum absolute atomic E-state index is 12.2. The Morgan fingerprint density at radius 1 is 1.20 bits per heavy atom. The van der Waals surface area contributed by atoms with Crippen molar-refractivity contribution < 1.29 is 19.8 Å². The van der Waals surface area contributed by atoms with Crippen LogP contribution < -0.4 is 10.6 Å². The van der Waals surface area contributed by atoms with Gasteiger partial charge in [0.15, 0.2) is 0 Å². The molecule has 1 aliphatic heterocycles. The van der Waals surface area contributed by atoms with E-state index in [2.05, 4.69) is 0 Å². The number of Topliss-reactive ketones (excluding diaryl/α,β-unsaturated/α-hetero) is 1. The maximum Gasteiger partial charge on any atom is 0.301 e. The third-order valence-corrected chi connectivity index (χ3v) is 3.57. The lowest BCUT2D eigenvalue weighted by molar-refractivity contribution is -0.115. The van der Waals surface area contributed by atoms with Gasteiger partial charge in [-0.25, -0.2) is 0 Å². The Labute approximate surface area is 116 Å². The van der Waals surface area contributed by atoms with Crippen molar-refractivity contribution in [2.45, 2.75) is 25.4 Å². The van der Waals surface area contributed by atoms with E-state index in [4.69, 9.17) is 15.9 Å². The van der Waals surface area contributed by atoms with Crippen molar-refractivity contribution in [3.8, 4) is 0 Å². The number of aliphatic hydroxyl groups is 2. The number of hydrogen-bond donors (Lipinski definition) is 3. The number of hydrogen-bond acceptors (Lipinski definition) is 5. The van der Waals surface area contributed by atoms with Gasteiger partial charge in [0.1, 0.15) is 5.66 Å². The second-order valence-corrected chi connectivity index (χ2v) is 5.04. The van der Waals surface area contributed by atoms with Crippen LogP contribution in [0.15, 0.2) is 18.2 Å². The first-order chi connectivity index (χ1) is 9.44. The Bertz CT molecular complexity index is 550. The molecular weight excluding hydrogens is 260 g/mol. The monoisotopic (exact) mass is 278 g/mol. The van der Waals surface area contributed by atoms with Gasteiger partial charge in [0.25, 0.3) is 5.78 Å². The molecule has 1 amide bonds. The molecule has 0 radical (unpaired) electrons. The standard InChI is InChI=1S/C14H18N2O4/c1-9-2-3-11-10(8-9)12(19)13(20)16(11)14(15,4-6-17)5-7-18/h2-3,8,17-18H,4-7,15H2,1H3. The average molecular weight is 278 g/mol. The number of aryl methyl sites for hydroxylation is 1. The highest BCUT2D eigenvalue weighted by Gasteiger charge is 2.45. The number of aliphatic hydroxyl groups excluding tert-OH is 2. The molecule has 0 atom stereocenters. The van der Waals surface area contributed by atoms with Crippen molar-refractivity contribution in [1.82, 2.24) is 0 Å². The zero-order chi connectivity index (χ0) is 14.9. The minimum Gasteiger partial charge on any atom is -0.396 e. The maximum atomic E-state index is 12.2. The van der Waals surface area contributed by atoms with Crippen LogP contribution in [0.5, 0.6) is 0 Å². The fourth-order valence-corrected chi connectivity index (χ4v) is 2.53. The number of nitrogens with zero attached hydrogens (tertiary/aromatic N) is 1. The van der Waals surface area contributed by atoms with Crippen molar-refractivity contribution in [2.75, 3.05) is 18.1 Å². The third kappa shape index (κ3) is 2.22. The van der Waals surface area contributed by atoms with Gasteiger partial charge < -0.3 is 15.9 Å². The van der Waals surface area contributed by atoms with Crippen molar-refractivity contribution in [1.29, 1.82) is 0 Å². The van der Waals surface area contributed by atoms with Gasteiger partial charge in [0.05, 0.1) is 11.3 Å². The van der Waals surface area contributed by atoms with Gasteiger partial charge in [-0.05, 0) is 19.1 Å². The molecule has 0 saturated carbocycles. The van der Waals surface area contributed by atoms with E-state index in [-0.39, 0.29) is 26.1 Å². The Kier molecular flexibility index (Phi) is 3.89. The summed E-state index contributed by atoms with van der Waals surface area (Å²) in [6, 6.07) is 5.10. The van der Waals surface area contributed by atoms with Crippen LogP contribution in [0.2, 0.25) is 0 Å². The minimum absolute atomic E-state index is 0.0832. The summed E-state index contributed by atoms with van der Waals surface area (Å²) in [5.41, 5.74) is 6.53. The number of carbonyl (C=O) groups excluding carboxylic acids is 2. The van der Waals surface area contributed by atoms with E-state index in [1.807, 2.05) is 6.92 Å². The molecule has 0 saturated heterocycles. The predicted octanol–water partition coefficient (Wildman–Crippen LogP) is -0.0559. The molecule has 0 unspecified atom stereocenters. The second-order valence-electron chi connectivity index (χ2n) is 5.04. The number of rotatable bonds is 5. The summed E-state index contributed by atoms with van der Waals surface area (Å²) in [6.07, 6.45) is 0.166. The number of carbonyl (C=O) groups is 2. The van der Waals surface area contributed by atoms with Gasteiger partial charge in [-0.2, -0.15) is 0 Å². The van der Waals surface area contributed by atoms with Gasteiger partial charge >= 0.3 is 5.91 Å². The molecule has 6 nitrogen and oxygen atoms in total. The summed E-state index contributed by atoms with van der Waals surface area (Å²) in [4.78, 5) is 25.5. The molecule has 6 heteroatoms. The number of ketones is 1. The lowest BCUT2D eigenvalue weighted by atomic mass is 10.0. The van der Waals surface area contributed by atoms with E-state index in [0.717, 1.165) is 5.56 Å². The van der Waals surface area contributed by atoms with Crippen LogP contribution in [0.1, 0.15) is 28.8 Å². The van der Waals surface area contributed by atoms with Gasteiger partial charge in [-0.1, -0.05) is 11.6 Å². The number of anilines is 1. The van der Waals surface area contributed by atoms with E-state index in [9.17, 15) is 9.59 Å². The van der Waals surface area contributed by atoms with E-state index in [1.54, 1.807) is 18.2 Å². The molecule has 4 N–H and O–H groups in total. The average Bonchev–Trinajstić information content (AvgIpc) is 2.63. The highest BCUT2D eigenvalue weighted by Crippen LogP contribution is 2.35. The Morgan fingerprint density at radius 3 is 2.35 bits per heavy atom. The van der Waals surface area contributed by atoms with Crippen molar-refractivity contribution in [2.24, 2.45) is 5.73 Å².